The van der Waals surface area contributed by atoms with Crippen LogP contribution in [0.3, 0.4) is 0 Å². The van der Waals surface area contributed by atoms with E-state index < -0.39 is 17.9 Å². The summed E-state index contributed by atoms with van der Waals surface area (Å²) in [5.41, 5.74) is 0.552. The fourth-order valence-corrected chi connectivity index (χ4v) is 1.89. The maximum absolute atomic E-state index is 11.3. The third kappa shape index (κ3) is 2.11. The van der Waals surface area contributed by atoms with E-state index in [9.17, 15) is 9.59 Å². The van der Waals surface area contributed by atoms with Crippen molar-refractivity contribution < 1.29 is 14.3 Å². The Balaban J connectivity index is 2.37. The second-order valence-electron chi connectivity index (χ2n) is 3.10. The highest BCUT2D eigenvalue weighted by molar-refractivity contribution is 6.32. The Morgan fingerprint density at radius 2 is 1.87 bits per heavy atom. The minimum Gasteiger partial charge on any atom is -0.393 e. The second-order valence-corrected chi connectivity index (χ2v) is 3.87. The van der Waals surface area contributed by atoms with Crippen LogP contribution in [0.5, 0.6) is 0 Å². The molecule has 1 aliphatic rings. The van der Waals surface area contributed by atoms with Crippen LogP contribution >= 0.6 is 23.2 Å². The largest absolute Gasteiger partial charge is 0.393 e. The summed E-state index contributed by atoms with van der Waals surface area (Å²) in [6.45, 7) is 0. The van der Waals surface area contributed by atoms with Crippen molar-refractivity contribution in [2.75, 3.05) is 0 Å². The molecule has 1 unspecified atom stereocenters. The van der Waals surface area contributed by atoms with Crippen LogP contribution in [-0.2, 0) is 14.3 Å². The molecule has 0 aromatic carbocycles. The van der Waals surface area contributed by atoms with Gasteiger partial charge in [0.15, 0.2) is 0 Å². The van der Waals surface area contributed by atoms with Crippen molar-refractivity contribution in [3.05, 3.63) is 28.0 Å². The summed E-state index contributed by atoms with van der Waals surface area (Å²) >= 11 is 11.4. The highest BCUT2D eigenvalue weighted by Crippen LogP contribution is 2.29. The molecule has 6 heteroatoms. The van der Waals surface area contributed by atoms with Crippen molar-refractivity contribution in [2.24, 2.45) is 0 Å². The standard InChI is InChI=1S/C9H5Cl2NO3/c10-6-1-4(2-7(11)12-6)5-3-8(13)15-9(5)14/h1-2,5H,3H2. The molecule has 1 aromatic rings. The van der Waals surface area contributed by atoms with Crippen molar-refractivity contribution in [3.63, 3.8) is 0 Å². The van der Waals surface area contributed by atoms with Crippen molar-refractivity contribution in [1.29, 1.82) is 0 Å². The molecule has 2 rings (SSSR count). The average Bonchev–Trinajstić information content (AvgIpc) is 2.43. The normalized spacial score (nSPS) is 20.5. The van der Waals surface area contributed by atoms with Crippen LogP contribution in [0, 0.1) is 0 Å². The lowest BCUT2D eigenvalue weighted by molar-refractivity contribution is -0.152. The monoisotopic (exact) mass is 245 g/mol. The number of hydrogen-bond acceptors (Lipinski definition) is 4. The van der Waals surface area contributed by atoms with Gasteiger partial charge in [0.1, 0.15) is 10.3 Å². The fraction of sp³-hybridized carbons (Fsp3) is 0.222. The van der Waals surface area contributed by atoms with Crippen LogP contribution in [0.1, 0.15) is 17.9 Å². The molecular formula is C9H5Cl2NO3. The van der Waals surface area contributed by atoms with Gasteiger partial charge in [-0.2, -0.15) is 0 Å². The van der Waals surface area contributed by atoms with Gasteiger partial charge >= 0.3 is 11.9 Å². The zero-order chi connectivity index (χ0) is 11.0. The van der Waals surface area contributed by atoms with Crippen molar-refractivity contribution >= 4 is 35.1 Å². The molecule has 0 aliphatic carbocycles. The van der Waals surface area contributed by atoms with Gasteiger partial charge in [-0.05, 0) is 17.7 Å². The lowest BCUT2D eigenvalue weighted by atomic mass is 9.99. The number of hydrogen-bond donors (Lipinski definition) is 0. The van der Waals surface area contributed by atoms with Gasteiger partial charge < -0.3 is 4.74 Å². The highest BCUT2D eigenvalue weighted by Gasteiger charge is 2.35. The zero-order valence-corrected chi connectivity index (χ0v) is 8.88. The SMILES string of the molecule is O=C1CC(c2cc(Cl)nc(Cl)c2)C(=O)O1. The third-order valence-electron chi connectivity index (χ3n) is 2.06. The molecule has 1 saturated heterocycles. The average molecular weight is 246 g/mol. The Bertz CT molecular complexity index is 427. The van der Waals surface area contributed by atoms with E-state index in [0.717, 1.165) is 0 Å². The van der Waals surface area contributed by atoms with Crippen LogP contribution < -0.4 is 0 Å². The van der Waals surface area contributed by atoms with E-state index in [1.165, 1.54) is 12.1 Å². The molecule has 0 radical (unpaired) electrons. The Morgan fingerprint density at radius 1 is 1.27 bits per heavy atom. The Labute approximate surface area is 95.1 Å². The first kappa shape index (κ1) is 10.4. The molecule has 1 fully saturated rings. The molecule has 0 spiro atoms. The summed E-state index contributed by atoms with van der Waals surface area (Å²) in [5.74, 6) is -1.72. The summed E-state index contributed by atoms with van der Waals surface area (Å²) < 4.78 is 4.42. The van der Waals surface area contributed by atoms with Crippen LogP contribution in [0.2, 0.25) is 10.3 Å². The van der Waals surface area contributed by atoms with E-state index in [2.05, 4.69) is 9.72 Å². The summed E-state index contributed by atoms with van der Waals surface area (Å²) in [4.78, 5) is 25.9. The van der Waals surface area contributed by atoms with Gasteiger partial charge in [0.25, 0.3) is 0 Å². The Kier molecular flexibility index (Phi) is 2.63. The number of ether oxygens (including phenoxy) is 1. The Hall–Kier alpha value is -1.13. The molecule has 1 aliphatic heterocycles. The quantitative estimate of drug-likeness (QED) is 0.431. The van der Waals surface area contributed by atoms with Gasteiger partial charge in [-0.3, -0.25) is 9.59 Å². The molecule has 0 saturated carbocycles. The van der Waals surface area contributed by atoms with Gasteiger partial charge in [0, 0.05) is 0 Å². The van der Waals surface area contributed by atoms with E-state index in [1.807, 2.05) is 0 Å². The summed E-state index contributed by atoms with van der Waals surface area (Å²) in [6.07, 6.45) is 0.0233. The summed E-state index contributed by atoms with van der Waals surface area (Å²) in [5, 5.41) is 0.370. The van der Waals surface area contributed by atoms with Crippen LogP contribution in [-0.4, -0.2) is 16.9 Å². The molecule has 1 aromatic heterocycles. The number of esters is 2. The van der Waals surface area contributed by atoms with Crippen molar-refractivity contribution in [3.8, 4) is 0 Å². The maximum Gasteiger partial charge on any atom is 0.321 e. The number of cyclic esters (lactones) is 2. The molecule has 4 nitrogen and oxygen atoms in total. The van der Waals surface area contributed by atoms with Crippen molar-refractivity contribution in [2.45, 2.75) is 12.3 Å². The predicted octanol–water partition coefficient (Wildman–Crippen LogP) is 1.95. The first-order valence-corrected chi connectivity index (χ1v) is 4.89. The van der Waals surface area contributed by atoms with E-state index in [4.69, 9.17) is 23.2 Å². The summed E-state index contributed by atoms with van der Waals surface area (Å²) in [6, 6.07) is 3.00. The fourth-order valence-electron chi connectivity index (χ4n) is 1.41. The van der Waals surface area contributed by atoms with E-state index in [-0.39, 0.29) is 16.7 Å². The lowest BCUT2D eigenvalue weighted by Crippen LogP contribution is -2.05. The van der Waals surface area contributed by atoms with Crippen LogP contribution in [0.25, 0.3) is 0 Å². The van der Waals surface area contributed by atoms with Gasteiger partial charge in [0.2, 0.25) is 0 Å². The molecule has 0 amide bonds. The van der Waals surface area contributed by atoms with E-state index in [1.54, 1.807) is 0 Å². The summed E-state index contributed by atoms with van der Waals surface area (Å²) in [7, 11) is 0. The number of rotatable bonds is 1. The molecule has 0 bridgehead atoms. The second kappa shape index (κ2) is 3.79. The molecule has 2 heterocycles. The van der Waals surface area contributed by atoms with Crippen LogP contribution in [0.4, 0.5) is 0 Å². The van der Waals surface area contributed by atoms with Crippen molar-refractivity contribution in [1.82, 2.24) is 4.98 Å². The smallest absolute Gasteiger partial charge is 0.321 e. The number of halogens is 2. The molecule has 0 N–H and O–H groups in total. The number of aromatic nitrogens is 1. The lowest BCUT2D eigenvalue weighted by Gasteiger charge is -2.05. The predicted molar refractivity (Wildman–Crippen MR) is 52.7 cm³/mol. The zero-order valence-electron chi connectivity index (χ0n) is 7.37. The van der Waals surface area contributed by atoms with Gasteiger partial charge in [0.05, 0.1) is 12.3 Å². The topological polar surface area (TPSA) is 56.3 Å². The first-order chi connectivity index (χ1) is 7.06. The first-order valence-electron chi connectivity index (χ1n) is 4.14. The highest BCUT2D eigenvalue weighted by atomic mass is 35.5. The number of carbonyl (C=O) groups is 2. The molecule has 15 heavy (non-hydrogen) atoms. The number of nitrogens with zero attached hydrogens (tertiary/aromatic N) is 1. The van der Waals surface area contributed by atoms with Gasteiger partial charge in [-0.1, -0.05) is 23.2 Å². The molecule has 1 atom stereocenters. The van der Waals surface area contributed by atoms with E-state index >= 15 is 0 Å². The molecular weight excluding hydrogens is 241 g/mol. The molecule has 78 valence electrons. The van der Waals surface area contributed by atoms with Gasteiger partial charge in [-0.15, -0.1) is 0 Å². The third-order valence-corrected chi connectivity index (χ3v) is 2.44. The number of pyridine rings is 1. The maximum atomic E-state index is 11.3. The minimum absolute atomic E-state index is 0.0233. The Morgan fingerprint density at radius 3 is 2.33 bits per heavy atom. The van der Waals surface area contributed by atoms with Crippen LogP contribution in [0.15, 0.2) is 12.1 Å². The van der Waals surface area contributed by atoms with Gasteiger partial charge in [-0.25, -0.2) is 4.98 Å². The minimum atomic E-state index is -0.615. The van der Waals surface area contributed by atoms with E-state index in [0.29, 0.717) is 5.56 Å². The number of carbonyl (C=O) groups excluding carboxylic acids is 2.